The van der Waals surface area contributed by atoms with E-state index in [1.165, 1.54) is 21.8 Å². The summed E-state index contributed by atoms with van der Waals surface area (Å²) >= 11 is 72.3. The summed E-state index contributed by atoms with van der Waals surface area (Å²) in [6.07, 6.45) is 3.18. The minimum atomic E-state index is -0.338. The summed E-state index contributed by atoms with van der Waals surface area (Å²) in [5, 5.41) is 17.3. The van der Waals surface area contributed by atoms with Crippen molar-refractivity contribution in [3.05, 3.63) is 392 Å². The summed E-state index contributed by atoms with van der Waals surface area (Å²) in [6.45, 7) is 7.77. The average molecular weight is 2290 g/mol. The van der Waals surface area contributed by atoms with Gasteiger partial charge in [0, 0.05) is 173 Å². The van der Waals surface area contributed by atoms with E-state index < -0.39 is 0 Å². The Morgan fingerprint density at radius 2 is 0.831 bits per heavy atom. The van der Waals surface area contributed by atoms with Crippen molar-refractivity contribution < 1.29 is 67.0 Å². The number of rotatable bonds is 36. The molecule has 2 heterocycles. The van der Waals surface area contributed by atoms with Crippen molar-refractivity contribution in [1.82, 2.24) is 9.55 Å². The van der Waals surface area contributed by atoms with E-state index in [9.17, 15) is 52.7 Å². The topological polar surface area (TPSA) is 257 Å². The van der Waals surface area contributed by atoms with E-state index >= 15 is 0 Å². The van der Waals surface area contributed by atoms with Gasteiger partial charge in [-0.1, -0.05) is 240 Å². The number of ketones is 10. The molecule has 0 spiro atoms. The molecule has 33 heteroatoms. The van der Waals surface area contributed by atoms with E-state index in [-0.39, 0.29) is 124 Å². The molecule has 13 aromatic carbocycles. The van der Waals surface area contributed by atoms with Crippen molar-refractivity contribution in [3.63, 3.8) is 0 Å². The molecule has 0 N–H and O–H groups in total. The average Bonchev–Trinajstić information content (AvgIpc) is 1.60. The second-order valence-corrected chi connectivity index (χ2v) is 38.7. The van der Waals surface area contributed by atoms with Gasteiger partial charge < -0.3 is 18.8 Å². The first-order chi connectivity index (χ1) is 70.7. The molecule has 0 aliphatic heterocycles. The van der Waals surface area contributed by atoms with Crippen LogP contribution >= 0.6 is 195 Å². The van der Waals surface area contributed by atoms with Gasteiger partial charge in [-0.05, 0) is 197 Å². The number of ether oxygens (including phenoxy) is 3. The quantitative estimate of drug-likeness (QED) is 0.0100. The molecule has 0 unspecified atom stereocenters. The molecule has 0 atom stereocenters. The summed E-state index contributed by atoms with van der Waals surface area (Å²) < 4.78 is 19.1. The van der Waals surface area contributed by atoms with Gasteiger partial charge in [0.25, 0.3) is 0 Å². The smallest absolute Gasteiger partial charge is 0.338 e. The first-order valence-corrected chi connectivity index (χ1v) is 54.5. The van der Waals surface area contributed by atoms with Crippen molar-refractivity contribution in [2.24, 2.45) is 0 Å². The number of hydrogen-bond acceptors (Lipinski definition) is 26. The third-order valence-electron chi connectivity index (χ3n) is 21.2. The molecular weight excluding hydrogens is 2180 g/mol. The van der Waals surface area contributed by atoms with Crippen LogP contribution in [0, 0.1) is 18.3 Å². The molecule has 0 aliphatic carbocycles. The van der Waals surface area contributed by atoms with Crippen LogP contribution in [0.3, 0.4) is 0 Å². The Bertz CT molecular complexity index is 7020. The number of carbonyl (C=O) groups is 11. The molecule has 774 valence electrons. The van der Waals surface area contributed by atoms with Crippen LogP contribution in [-0.2, 0) is 119 Å². The highest BCUT2D eigenvalue weighted by Gasteiger charge is 2.21. The number of para-hydroxylation sites is 2. The summed E-state index contributed by atoms with van der Waals surface area (Å²) in [5.41, 5.74) is 14.7. The Morgan fingerprint density at radius 3 is 1.39 bits per heavy atom. The highest BCUT2D eigenvalue weighted by Crippen LogP contribution is 2.33. The Balaban J connectivity index is 0.000000255. The van der Waals surface area contributed by atoms with Gasteiger partial charge in [-0.15, -0.1) is 11.3 Å². The standard InChI is InChI=1S/C17H17NOS.C16H12Cl2O2S.C16H16O2S.C14H11NOS.C12H14O3S.C11H14O2S.C10H9NOS2.2C9H8Cl2OS.CH4/c1-2-18-16-6-4-3-5-14(16)15-10-12(7-8-17(15)18)9-13(19)11-20;17-11-6-5-10(7-12(19)9-21)14(8-11)16(20)13-3-1-2-4-15(13)18;17-15(12-19)10-13-6-8-16(9-7-13)18-11-14-4-2-1-3-5-14;15-8-11-6-5-10(7-12(16)9-17)13-3-1-2-4-14(11)13;1-2-15-12(14)10-5-3-9(4-6-10)7-11(13)8-16;1-8-3-4-11(13-2)9(5-8)6-10(12)7-14;12-7(6-13)5-10-11-8-3-1-2-4-9(8)14-10;10-7-1-2-9(11)6(3-7)4-8(12)5-13;10-7-2-1-6(9(11)4-7)3-8(12)5-13;/h3-8,10,20H,2,9,11H2,1H3;1-6,8,21H,7,9H2;1-9,19H,10-12H2;1-6,17H,7,9H2;3-6,16H,2,7-8H2,1H3;3-5,14H,6-7H2,1-2H3;1-4,13H,5-6H2;1-3,13H,4-5H2;1-2,4,13H,3,5H2;1H4. The molecule has 148 heavy (non-hydrogen) atoms. The molecule has 0 fully saturated rings. The highest BCUT2D eigenvalue weighted by molar-refractivity contribution is 7.82. The number of hydrogen-bond donors (Lipinski definition) is 9. The molecule has 0 saturated heterocycles. The van der Waals surface area contributed by atoms with Crippen molar-refractivity contribution in [2.75, 3.05) is 65.5 Å². The number of fused-ring (bicyclic) bond motifs is 5. The Labute approximate surface area is 948 Å². The van der Waals surface area contributed by atoms with Crippen molar-refractivity contribution in [2.45, 2.75) is 99.1 Å². The van der Waals surface area contributed by atoms with E-state index in [4.69, 9.17) is 89.1 Å². The number of thiazole rings is 1. The van der Waals surface area contributed by atoms with E-state index in [1.54, 1.807) is 135 Å². The normalized spacial score (nSPS) is 10.3. The van der Waals surface area contributed by atoms with Crippen molar-refractivity contribution in [3.8, 4) is 17.6 Å². The second-order valence-electron chi connectivity index (χ2n) is 32.2. The zero-order chi connectivity index (χ0) is 107. The first kappa shape index (κ1) is 127. The van der Waals surface area contributed by atoms with Crippen molar-refractivity contribution in [1.29, 1.82) is 5.26 Å². The second kappa shape index (κ2) is 68.7. The maximum atomic E-state index is 12.6. The number of nitriles is 1. The van der Waals surface area contributed by atoms with Gasteiger partial charge >= 0.3 is 5.97 Å². The van der Waals surface area contributed by atoms with Gasteiger partial charge in [0.2, 0.25) is 0 Å². The molecule has 15 aromatic rings. The van der Waals surface area contributed by atoms with E-state index in [1.807, 2.05) is 134 Å². The minimum absolute atomic E-state index is 0. The van der Waals surface area contributed by atoms with Crippen LogP contribution in [0.25, 0.3) is 42.8 Å². The van der Waals surface area contributed by atoms with E-state index in [0.29, 0.717) is 128 Å². The van der Waals surface area contributed by atoms with Crippen LogP contribution in [0.4, 0.5) is 0 Å². The van der Waals surface area contributed by atoms with Gasteiger partial charge in [-0.3, -0.25) is 47.9 Å². The number of aromatic nitrogens is 2. The molecule has 0 radical (unpaired) electrons. The number of methoxy groups -OCH3 is 1. The number of carbonyl (C=O) groups excluding carboxylic acids is 11. The van der Waals surface area contributed by atoms with Gasteiger partial charge in [-0.2, -0.15) is 119 Å². The number of aryl methyl sites for hydroxylation is 2. The summed E-state index contributed by atoms with van der Waals surface area (Å²) in [6, 6.07) is 88.3. The summed E-state index contributed by atoms with van der Waals surface area (Å²) in [5.74, 6) is 3.89. The zero-order valence-corrected chi connectivity index (χ0v) is 94.1. The predicted molar refractivity (Wildman–Crippen MR) is 640 cm³/mol. The fourth-order valence-electron chi connectivity index (χ4n) is 14.1. The van der Waals surface area contributed by atoms with Crippen LogP contribution in [0.15, 0.2) is 279 Å². The van der Waals surface area contributed by atoms with Gasteiger partial charge in [-0.25, -0.2) is 9.78 Å². The summed E-state index contributed by atoms with van der Waals surface area (Å²) in [7, 11) is 1.61. The number of nitrogens with zero attached hydrogens (tertiary/aromatic N) is 3. The van der Waals surface area contributed by atoms with Crippen LogP contribution in [0.1, 0.15) is 114 Å². The van der Waals surface area contributed by atoms with Gasteiger partial charge in [0.05, 0.1) is 52.6 Å². The minimum Gasteiger partial charge on any atom is -0.496 e. The molecule has 17 nitrogen and oxygen atoms in total. The fourth-order valence-corrected chi connectivity index (χ4v) is 17.3. The third kappa shape index (κ3) is 43.0. The number of halogens is 6. The van der Waals surface area contributed by atoms with E-state index in [0.717, 1.165) is 94.1 Å². The Hall–Kier alpha value is -10.0. The van der Waals surface area contributed by atoms with Crippen LogP contribution in [-0.4, -0.2) is 139 Å². The zero-order valence-electron chi connectivity index (χ0n) is 80.7. The first-order valence-electron chi connectivity index (χ1n) is 45.7. The number of benzene rings is 13. The largest absolute Gasteiger partial charge is 0.496 e. The fraction of sp³-hybridized carbons (Fsp3) is 0.226. The van der Waals surface area contributed by atoms with Crippen molar-refractivity contribution >= 4 is 301 Å². The number of Topliss-reactive ketones (excluding diaryl/α,β-unsaturated/α-hetero) is 9. The Kier molecular flexibility index (Phi) is 58.8. The molecule has 0 amide bonds. The molecule has 2 aromatic heterocycles. The number of esters is 1. The maximum Gasteiger partial charge on any atom is 0.338 e. The molecule has 0 bridgehead atoms. The van der Waals surface area contributed by atoms with Crippen LogP contribution in [0.5, 0.6) is 11.5 Å². The molecule has 0 aliphatic rings. The Morgan fingerprint density at radius 1 is 0.372 bits per heavy atom. The lowest BCUT2D eigenvalue weighted by Crippen LogP contribution is -2.11. The predicted octanol–water partition coefficient (Wildman–Crippen LogP) is 27.2. The van der Waals surface area contributed by atoms with E-state index in [2.05, 4.69) is 179 Å². The lowest BCUT2D eigenvalue weighted by molar-refractivity contribution is -0.116. The maximum absolute atomic E-state index is 12.6. The molecule has 15 rings (SSSR count). The number of thiol groups is 9. The van der Waals surface area contributed by atoms with Crippen LogP contribution in [0.2, 0.25) is 30.1 Å². The molecular formula is C115H113Cl6N3O14S10. The van der Waals surface area contributed by atoms with Gasteiger partial charge in [0.1, 0.15) is 75.2 Å². The third-order valence-corrected chi connectivity index (χ3v) is 27.2. The summed E-state index contributed by atoms with van der Waals surface area (Å²) in [4.78, 5) is 130. The monoisotopic (exact) mass is 2290 g/mol. The van der Waals surface area contributed by atoms with Gasteiger partial charge in [0.15, 0.2) is 5.78 Å². The SMILES string of the molecule is C.CCOC(=O)c1ccc(CC(=O)CS)cc1.CCn1c2ccccc2c2cc(CC(=O)CS)ccc21.COc1ccc(C)cc1CC(=O)CS.N#Cc1ccc(CC(=O)CS)c2ccccc12.O=C(CS)Cc1cc(Cl)ccc1Cl.O=C(CS)Cc1ccc(Cl)cc1C(=O)c1ccccc1Cl.O=C(CS)Cc1ccc(Cl)cc1Cl.O=C(CS)Cc1ccc(OCc2ccccc2)cc1.O=C(CS)Cc1nc2ccccc2s1. The lowest BCUT2D eigenvalue weighted by Gasteiger charge is -2.09. The molecule has 0 saturated carbocycles. The highest BCUT2D eigenvalue weighted by atomic mass is 35.5. The lowest BCUT2D eigenvalue weighted by atomic mass is 9.95. The van der Waals surface area contributed by atoms with Crippen LogP contribution < -0.4 is 9.47 Å².